The molecule has 1 aromatic carbocycles. The van der Waals surface area contributed by atoms with Gasteiger partial charge in [0.2, 0.25) is 5.91 Å². The highest BCUT2D eigenvalue weighted by molar-refractivity contribution is 8.01. The number of thioether (sulfide) groups is 1. The maximum Gasteiger partial charge on any atom is 0.315 e. The molecule has 0 unspecified atom stereocenters. The Bertz CT molecular complexity index is 797. The van der Waals surface area contributed by atoms with Crippen molar-refractivity contribution in [3.05, 3.63) is 23.3 Å². The van der Waals surface area contributed by atoms with Crippen LogP contribution in [0.5, 0.6) is 0 Å². The van der Waals surface area contributed by atoms with Crippen molar-refractivity contribution >= 4 is 35.2 Å². The molecule has 1 aliphatic rings. The number of nitrogens with one attached hydrogen (secondary N) is 2. The standard InChI is InChI=1S/C19H25F2N3O3S/c1-10(2)23-16(25)12-9-13-14(8-11(12)3)28-19(4,5)18(27)24(13)7-6-22-17(26)15(20)21/h8-10,15H,6-7H2,1-5H3,(H,22,26)(H,23,25). The fraction of sp³-hybridized carbons (Fsp3) is 0.526. The molecule has 0 aromatic heterocycles. The van der Waals surface area contributed by atoms with Crippen LogP contribution in [-0.4, -0.2) is 48.0 Å². The van der Waals surface area contributed by atoms with Crippen LogP contribution in [0.4, 0.5) is 14.5 Å². The first-order valence-electron chi connectivity index (χ1n) is 8.96. The van der Waals surface area contributed by atoms with E-state index in [4.69, 9.17) is 0 Å². The predicted octanol–water partition coefficient (Wildman–Crippen LogP) is 2.73. The minimum atomic E-state index is -3.11. The van der Waals surface area contributed by atoms with E-state index in [0.29, 0.717) is 11.3 Å². The summed E-state index contributed by atoms with van der Waals surface area (Å²) >= 11 is 1.39. The van der Waals surface area contributed by atoms with Crippen molar-refractivity contribution in [3.8, 4) is 0 Å². The number of carbonyl (C=O) groups excluding carboxylic acids is 3. The molecule has 0 saturated carbocycles. The number of hydrogen-bond donors (Lipinski definition) is 2. The second-order valence-electron chi connectivity index (χ2n) is 7.42. The molecule has 3 amide bonds. The van der Waals surface area contributed by atoms with Crippen LogP contribution in [0.2, 0.25) is 0 Å². The maximum atomic E-state index is 12.9. The van der Waals surface area contributed by atoms with Gasteiger partial charge in [0.15, 0.2) is 0 Å². The van der Waals surface area contributed by atoms with Gasteiger partial charge in [-0.25, -0.2) is 0 Å². The summed E-state index contributed by atoms with van der Waals surface area (Å²) in [6, 6.07) is 3.46. The smallest absolute Gasteiger partial charge is 0.315 e. The summed E-state index contributed by atoms with van der Waals surface area (Å²) in [6.07, 6.45) is -3.11. The van der Waals surface area contributed by atoms with Gasteiger partial charge in [-0.15, -0.1) is 11.8 Å². The van der Waals surface area contributed by atoms with Gasteiger partial charge in [0.05, 0.1) is 10.4 Å². The van der Waals surface area contributed by atoms with Gasteiger partial charge < -0.3 is 15.5 Å². The zero-order valence-electron chi connectivity index (χ0n) is 16.6. The number of amides is 3. The number of carbonyl (C=O) groups is 3. The molecule has 9 heteroatoms. The van der Waals surface area contributed by atoms with E-state index in [9.17, 15) is 23.2 Å². The molecule has 0 saturated heterocycles. The first-order valence-corrected chi connectivity index (χ1v) is 9.78. The number of aryl methyl sites for hydroxylation is 1. The topological polar surface area (TPSA) is 78.5 Å². The lowest BCUT2D eigenvalue weighted by atomic mass is 10.0. The van der Waals surface area contributed by atoms with E-state index in [-0.39, 0.29) is 30.9 Å². The van der Waals surface area contributed by atoms with Crippen LogP contribution in [0, 0.1) is 6.92 Å². The van der Waals surface area contributed by atoms with E-state index >= 15 is 0 Å². The summed E-state index contributed by atoms with van der Waals surface area (Å²) < 4.78 is 24.0. The van der Waals surface area contributed by atoms with Crippen LogP contribution in [-0.2, 0) is 9.59 Å². The first-order chi connectivity index (χ1) is 12.9. The molecular weight excluding hydrogens is 388 g/mol. The fourth-order valence-corrected chi connectivity index (χ4v) is 4.15. The highest BCUT2D eigenvalue weighted by Gasteiger charge is 2.40. The average molecular weight is 413 g/mol. The molecule has 154 valence electrons. The van der Waals surface area contributed by atoms with E-state index in [1.165, 1.54) is 16.7 Å². The second kappa shape index (κ2) is 8.46. The Labute approximate surface area is 167 Å². The van der Waals surface area contributed by atoms with Crippen LogP contribution < -0.4 is 15.5 Å². The summed E-state index contributed by atoms with van der Waals surface area (Å²) in [5, 5.41) is 4.94. The third kappa shape index (κ3) is 4.81. The number of benzene rings is 1. The molecule has 1 aliphatic heterocycles. The van der Waals surface area contributed by atoms with Gasteiger partial charge in [0.25, 0.3) is 11.8 Å². The van der Waals surface area contributed by atoms with E-state index in [2.05, 4.69) is 10.6 Å². The fourth-order valence-electron chi connectivity index (χ4n) is 2.89. The summed E-state index contributed by atoms with van der Waals surface area (Å²) in [7, 11) is 0. The number of rotatable bonds is 6. The van der Waals surface area contributed by atoms with Crippen molar-refractivity contribution in [2.75, 3.05) is 18.0 Å². The van der Waals surface area contributed by atoms with Crippen molar-refractivity contribution < 1.29 is 23.2 Å². The van der Waals surface area contributed by atoms with Crippen LogP contribution in [0.1, 0.15) is 43.6 Å². The lowest BCUT2D eigenvalue weighted by molar-refractivity contribution is -0.131. The van der Waals surface area contributed by atoms with Gasteiger partial charge in [-0.05, 0) is 52.3 Å². The second-order valence-corrected chi connectivity index (χ2v) is 9.09. The van der Waals surface area contributed by atoms with E-state index in [0.717, 1.165) is 10.5 Å². The number of hydrogen-bond acceptors (Lipinski definition) is 4. The minimum absolute atomic E-state index is 0.0303. The van der Waals surface area contributed by atoms with E-state index < -0.39 is 17.1 Å². The number of fused-ring (bicyclic) bond motifs is 1. The molecule has 0 aliphatic carbocycles. The zero-order chi connectivity index (χ0) is 21.2. The molecule has 0 atom stereocenters. The Morgan fingerprint density at radius 1 is 1.25 bits per heavy atom. The molecule has 0 bridgehead atoms. The highest BCUT2D eigenvalue weighted by atomic mass is 32.2. The monoisotopic (exact) mass is 413 g/mol. The van der Waals surface area contributed by atoms with Gasteiger partial charge in [-0.1, -0.05) is 0 Å². The first kappa shape index (κ1) is 22.1. The van der Waals surface area contributed by atoms with E-state index in [1.54, 1.807) is 19.9 Å². The van der Waals surface area contributed by atoms with Crippen molar-refractivity contribution in [2.24, 2.45) is 0 Å². The van der Waals surface area contributed by atoms with Crippen molar-refractivity contribution in [1.82, 2.24) is 10.6 Å². The molecule has 0 fully saturated rings. The third-order valence-electron chi connectivity index (χ3n) is 4.22. The molecule has 2 N–H and O–H groups in total. The quantitative estimate of drug-likeness (QED) is 0.752. The van der Waals surface area contributed by atoms with Gasteiger partial charge in [0, 0.05) is 29.6 Å². The average Bonchev–Trinajstić information content (AvgIpc) is 2.56. The predicted molar refractivity (Wildman–Crippen MR) is 105 cm³/mol. The van der Waals surface area contributed by atoms with Gasteiger partial charge in [-0.3, -0.25) is 14.4 Å². The normalized spacial score (nSPS) is 15.6. The molecule has 1 aromatic rings. The van der Waals surface area contributed by atoms with Gasteiger partial charge in [-0.2, -0.15) is 8.78 Å². The number of halogens is 2. The van der Waals surface area contributed by atoms with Crippen molar-refractivity contribution in [1.29, 1.82) is 0 Å². The molecule has 2 rings (SSSR count). The van der Waals surface area contributed by atoms with Crippen molar-refractivity contribution in [2.45, 2.75) is 56.7 Å². The SMILES string of the molecule is Cc1cc2c(cc1C(=O)NC(C)C)N(CCNC(=O)C(F)F)C(=O)C(C)(C)S2. The Morgan fingerprint density at radius 2 is 1.89 bits per heavy atom. The Morgan fingerprint density at radius 3 is 2.46 bits per heavy atom. The summed E-state index contributed by atoms with van der Waals surface area (Å²) in [6.45, 7) is 9.01. The Hall–Kier alpha value is -2.16. The molecule has 28 heavy (non-hydrogen) atoms. The third-order valence-corrected chi connectivity index (χ3v) is 5.45. The van der Waals surface area contributed by atoms with Crippen molar-refractivity contribution in [3.63, 3.8) is 0 Å². The van der Waals surface area contributed by atoms with Gasteiger partial charge >= 0.3 is 6.43 Å². The lowest BCUT2D eigenvalue weighted by Crippen LogP contribution is -2.49. The van der Waals surface area contributed by atoms with E-state index in [1.807, 2.05) is 26.8 Å². The molecule has 0 radical (unpaired) electrons. The Kier molecular flexibility index (Phi) is 6.69. The maximum absolute atomic E-state index is 12.9. The van der Waals surface area contributed by atoms with Gasteiger partial charge in [0.1, 0.15) is 0 Å². The molecule has 0 spiro atoms. The highest BCUT2D eigenvalue weighted by Crippen LogP contribution is 2.46. The van der Waals surface area contributed by atoms with Crippen LogP contribution in [0.3, 0.4) is 0 Å². The summed E-state index contributed by atoms with van der Waals surface area (Å²) in [5.74, 6) is -1.84. The zero-order valence-corrected chi connectivity index (χ0v) is 17.4. The summed E-state index contributed by atoms with van der Waals surface area (Å²) in [4.78, 5) is 38.8. The van der Waals surface area contributed by atoms with Crippen LogP contribution in [0.15, 0.2) is 17.0 Å². The lowest BCUT2D eigenvalue weighted by Gasteiger charge is -2.38. The molecular formula is C19H25F2N3O3S. The minimum Gasteiger partial charge on any atom is -0.350 e. The molecule has 6 nitrogen and oxygen atoms in total. The largest absolute Gasteiger partial charge is 0.350 e. The molecule has 1 heterocycles. The number of alkyl halides is 2. The Balaban J connectivity index is 2.36. The van der Waals surface area contributed by atoms with Crippen LogP contribution in [0.25, 0.3) is 0 Å². The summed E-state index contributed by atoms with van der Waals surface area (Å²) in [5.41, 5.74) is 1.77. The van der Waals surface area contributed by atoms with Crippen LogP contribution >= 0.6 is 11.8 Å². The number of anilines is 1. The number of nitrogens with zero attached hydrogens (tertiary/aromatic N) is 1.